The summed E-state index contributed by atoms with van der Waals surface area (Å²) in [6.45, 7) is 3.57. The van der Waals surface area contributed by atoms with Crippen LogP contribution in [-0.4, -0.2) is 60.0 Å². The molecule has 0 aromatic heterocycles. The first kappa shape index (κ1) is 33.8. The Hall–Kier alpha value is -3.11. The predicted molar refractivity (Wildman–Crippen MR) is 180 cm³/mol. The first-order chi connectivity index (χ1) is 23.1. The van der Waals surface area contributed by atoms with E-state index in [1.54, 1.807) is 0 Å². The maximum atomic E-state index is 10.4. The van der Waals surface area contributed by atoms with E-state index in [0.717, 1.165) is 22.3 Å². The summed E-state index contributed by atoms with van der Waals surface area (Å²) >= 11 is 6.56. The average molecular weight is 659 g/mol. The molecule has 1 aliphatic carbocycles. The fourth-order valence-electron chi connectivity index (χ4n) is 6.03. The highest BCUT2D eigenvalue weighted by Crippen LogP contribution is 2.39. The zero-order chi connectivity index (χ0) is 32.4. The van der Waals surface area contributed by atoms with Crippen LogP contribution in [0.5, 0.6) is 0 Å². The molecule has 248 valence electrons. The lowest BCUT2D eigenvalue weighted by Crippen LogP contribution is -2.65. The molecule has 0 spiro atoms. The summed E-state index contributed by atoms with van der Waals surface area (Å²) in [5.74, 6) is -0.167. The van der Waals surface area contributed by atoms with Gasteiger partial charge in [0.15, 0.2) is 6.29 Å². The molecule has 6 rings (SSSR count). The smallest absolute Gasteiger partial charge is 0.187 e. The Morgan fingerprint density at radius 1 is 0.574 bits per heavy atom. The summed E-state index contributed by atoms with van der Waals surface area (Å²) in [5, 5.41) is 9.85. The number of hydrogen-bond donors (Lipinski definition) is 1. The van der Waals surface area contributed by atoms with Gasteiger partial charge in [0.2, 0.25) is 0 Å². The Labute approximate surface area is 282 Å². The molecule has 1 saturated heterocycles. The van der Waals surface area contributed by atoms with Crippen molar-refractivity contribution in [2.45, 2.75) is 81.6 Å². The molecule has 1 heterocycles. The van der Waals surface area contributed by atoms with E-state index in [9.17, 15) is 5.11 Å². The minimum Gasteiger partial charge on any atom is -0.391 e. The van der Waals surface area contributed by atoms with Crippen molar-refractivity contribution in [3.63, 3.8) is 0 Å². The fraction of sp³-hybridized carbons (Fsp3) is 0.385. The minimum atomic E-state index is -0.859. The van der Waals surface area contributed by atoms with Gasteiger partial charge >= 0.3 is 0 Å². The molecule has 9 atom stereocenters. The van der Waals surface area contributed by atoms with Gasteiger partial charge in [-0.3, -0.25) is 0 Å². The molecule has 47 heavy (non-hydrogen) atoms. The molecule has 4 aromatic carbocycles. The van der Waals surface area contributed by atoms with E-state index in [-0.39, 0.29) is 12.5 Å². The molecule has 8 heteroatoms. The Morgan fingerprint density at radius 2 is 1.00 bits per heavy atom. The Balaban J connectivity index is 1.30. The number of aliphatic hydroxyl groups is 1. The number of ether oxygens (including phenoxy) is 6. The largest absolute Gasteiger partial charge is 0.391 e. The summed E-state index contributed by atoms with van der Waals surface area (Å²) < 4.78 is 39.7. The maximum absolute atomic E-state index is 10.4. The first-order valence-electron chi connectivity index (χ1n) is 16.3. The minimum absolute atomic E-state index is 0.167. The second-order valence-electron chi connectivity index (χ2n) is 12.2. The van der Waals surface area contributed by atoms with Crippen LogP contribution in [0.4, 0.5) is 0 Å². The van der Waals surface area contributed by atoms with Crippen molar-refractivity contribution in [1.82, 2.24) is 0 Å². The summed E-state index contributed by atoms with van der Waals surface area (Å²) in [6.07, 6.45) is -4.35. The Kier molecular flexibility index (Phi) is 12.1. The topological polar surface area (TPSA) is 75.6 Å². The maximum Gasteiger partial charge on any atom is 0.187 e. The molecule has 0 amide bonds. The van der Waals surface area contributed by atoms with Crippen LogP contribution in [0.3, 0.4) is 0 Å². The molecule has 0 radical (unpaired) electrons. The number of aliphatic hydroxyl groups excluding tert-OH is 1. The SMILES string of the molecule is C[C@H]1[C@@H](O)[C@@H](Cl)[C@H]1O[C@@H]1O[C@H](COCc2ccccc2)[C@H](OCc2ccccc2)[C@H](OCc2ccccc2)[C@H]1OCc1ccccc1. The molecule has 4 aromatic rings. The van der Waals surface area contributed by atoms with Crippen LogP contribution in [0, 0.1) is 5.92 Å². The fourth-order valence-corrected chi connectivity index (χ4v) is 6.55. The lowest BCUT2D eigenvalue weighted by Gasteiger charge is -2.50. The van der Waals surface area contributed by atoms with Crippen molar-refractivity contribution in [1.29, 1.82) is 0 Å². The van der Waals surface area contributed by atoms with Crippen LogP contribution in [0.2, 0.25) is 0 Å². The van der Waals surface area contributed by atoms with E-state index in [1.807, 2.05) is 128 Å². The molecule has 7 nitrogen and oxygen atoms in total. The molecular formula is C39H43ClO7. The van der Waals surface area contributed by atoms with E-state index in [4.69, 9.17) is 40.0 Å². The van der Waals surface area contributed by atoms with Gasteiger partial charge in [-0.15, -0.1) is 11.6 Å². The third kappa shape index (κ3) is 8.87. The second-order valence-corrected chi connectivity index (χ2v) is 12.7. The highest BCUT2D eigenvalue weighted by atomic mass is 35.5. The molecule has 1 aliphatic heterocycles. The van der Waals surface area contributed by atoms with E-state index >= 15 is 0 Å². The van der Waals surface area contributed by atoms with Crippen molar-refractivity contribution in [3.8, 4) is 0 Å². The normalized spacial score (nSPS) is 28.9. The van der Waals surface area contributed by atoms with E-state index in [0.29, 0.717) is 26.4 Å². The number of hydrogen-bond acceptors (Lipinski definition) is 7. The highest BCUT2D eigenvalue weighted by Gasteiger charge is 2.54. The summed E-state index contributed by atoms with van der Waals surface area (Å²) in [5.41, 5.74) is 4.11. The number of benzene rings is 4. The van der Waals surface area contributed by atoms with Gasteiger partial charge in [0, 0.05) is 5.92 Å². The lowest BCUT2D eigenvalue weighted by atomic mass is 9.79. The standard InChI is InChI=1S/C39H43ClO7/c1-27-34(41)33(40)35(27)47-39-38(45-25-31-20-12-5-13-21-31)37(44-24-30-18-10-4-11-19-30)36(43-23-29-16-8-3-9-17-29)32(46-39)26-42-22-28-14-6-2-7-15-28/h2-21,27,32-39,41H,22-26H2,1H3/t27-,32+,33+,34+,35-,36-,37-,38+,39-/m0/s1. The van der Waals surface area contributed by atoms with Gasteiger partial charge in [-0.05, 0) is 22.3 Å². The van der Waals surface area contributed by atoms with Crippen molar-refractivity contribution >= 4 is 11.6 Å². The Bertz CT molecular complexity index is 1450. The highest BCUT2D eigenvalue weighted by molar-refractivity contribution is 6.22. The molecule has 2 fully saturated rings. The summed E-state index contributed by atoms with van der Waals surface area (Å²) in [6, 6.07) is 40.0. The van der Waals surface area contributed by atoms with Crippen LogP contribution >= 0.6 is 11.6 Å². The lowest BCUT2D eigenvalue weighted by molar-refractivity contribution is -0.347. The van der Waals surface area contributed by atoms with E-state index in [2.05, 4.69) is 0 Å². The zero-order valence-corrected chi connectivity index (χ0v) is 27.3. The van der Waals surface area contributed by atoms with Gasteiger partial charge < -0.3 is 33.5 Å². The summed E-state index contributed by atoms with van der Waals surface area (Å²) in [4.78, 5) is 0. The van der Waals surface area contributed by atoms with E-state index < -0.39 is 48.3 Å². The van der Waals surface area contributed by atoms with Gasteiger partial charge in [-0.25, -0.2) is 0 Å². The number of alkyl halides is 1. The second kappa shape index (κ2) is 16.8. The van der Waals surface area contributed by atoms with Crippen LogP contribution in [0.15, 0.2) is 121 Å². The monoisotopic (exact) mass is 658 g/mol. The van der Waals surface area contributed by atoms with Crippen LogP contribution in [-0.2, 0) is 54.8 Å². The van der Waals surface area contributed by atoms with Gasteiger partial charge in [0.25, 0.3) is 0 Å². The van der Waals surface area contributed by atoms with Crippen LogP contribution in [0.1, 0.15) is 29.2 Å². The zero-order valence-electron chi connectivity index (χ0n) is 26.6. The molecule has 2 aliphatic rings. The molecule has 0 bridgehead atoms. The first-order valence-corrected chi connectivity index (χ1v) is 16.7. The van der Waals surface area contributed by atoms with Crippen molar-refractivity contribution in [2.75, 3.05) is 6.61 Å². The van der Waals surface area contributed by atoms with Crippen molar-refractivity contribution in [3.05, 3.63) is 144 Å². The third-order valence-electron chi connectivity index (χ3n) is 8.83. The van der Waals surface area contributed by atoms with Crippen molar-refractivity contribution in [2.24, 2.45) is 5.92 Å². The van der Waals surface area contributed by atoms with Gasteiger partial charge in [0.1, 0.15) is 24.4 Å². The molecule has 0 unspecified atom stereocenters. The van der Waals surface area contributed by atoms with Gasteiger partial charge in [-0.2, -0.15) is 0 Å². The Morgan fingerprint density at radius 3 is 1.47 bits per heavy atom. The van der Waals surface area contributed by atoms with Gasteiger partial charge in [-0.1, -0.05) is 128 Å². The molecule has 1 N–H and O–H groups in total. The number of rotatable bonds is 15. The third-order valence-corrected chi connectivity index (χ3v) is 9.34. The molecular weight excluding hydrogens is 616 g/mol. The van der Waals surface area contributed by atoms with E-state index in [1.165, 1.54) is 0 Å². The van der Waals surface area contributed by atoms with Crippen LogP contribution < -0.4 is 0 Å². The number of halogens is 1. The van der Waals surface area contributed by atoms with Crippen molar-refractivity contribution < 1.29 is 33.5 Å². The predicted octanol–water partition coefficient (Wildman–Crippen LogP) is 6.69. The van der Waals surface area contributed by atoms with Gasteiger partial charge in [0.05, 0.1) is 50.6 Å². The molecule has 1 saturated carbocycles. The van der Waals surface area contributed by atoms with Crippen LogP contribution in [0.25, 0.3) is 0 Å². The summed E-state index contributed by atoms with van der Waals surface area (Å²) in [7, 11) is 0. The average Bonchev–Trinajstić information content (AvgIpc) is 3.13. The quantitative estimate of drug-likeness (QED) is 0.143.